The van der Waals surface area contributed by atoms with E-state index in [4.69, 9.17) is 0 Å². The molecule has 0 heterocycles. The summed E-state index contributed by atoms with van der Waals surface area (Å²) < 4.78 is 0.646. The highest BCUT2D eigenvalue weighted by Gasteiger charge is 1.91. The van der Waals surface area contributed by atoms with Crippen molar-refractivity contribution in [1.29, 1.82) is 0 Å². The third-order valence-corrected chi connectivity index (χ3v) is 1.61. The zero-order valence-electron chi connectivity index (χ0n) is 4.36. The fourth-order valence-corrected chi connectivity index (χ4v) is 0.203. The van der Waals surface area contributed by atoms with Gasteiger partial charge in [0.05, 0.1) is 4.48 Å². The van der Waals surface area contributed by atoms with Gasteiger partial charge in [-0.05, 0) is 29.8 Å². The van der Waals surface area contributed by atoms with Crippen LogP contribution >= 0.6 is 15.9 Å². The number of Topliss-reactive ketones (excluding diaryl/α,β-unsaturated/α-hetero) is 1. The molecular formula is C5H7BrO. The second kappa shape index (κ2) is 2.97. The van der Waals surface area contributed by atoms with Crippen LogP contribution in [0.3, 0.4) is 0 Å². The third kappa shape index (κ3) is 2.57. The molecule has 0 atom stereocenters. The number of ketones is 1. The van der Waals surface area contributed by atoms with Crippen LogP contribution in [0.1, 0.15) is 13.8 Å². The molecule has 0 aromatic rings. The van der Waals surface area contributed by atoms with Crippen molar-refractivity contribution in [1.82, 2.24) is 0 Å². The molecule has 0 saturated carbocycles. The second-order valence-corrected chi connectivity index (χ2v) is 2.05. The van der Waals surface area contributed by atoms with E-state index in [1.165, 1.54) is 6.92 Å². The first-order valence-corrected chi connectivity index (χ1v) is 2.80. The van der Waals surface area contributed by atoms with Crippen LogP contribution in [0.15, 0.2) is 10.6 Å². The standard InChI is InChI=1S/C5H7BrO/c1-3-5(6)4(2)7/h3H,1-2H3/b5-3-. The topological polar surface area (TPSA) is 17.1 Å². The Morgan fingerprint density at radius 2 is 2.14 bits per heavy atom. The van der Waals surface area contributed by atoms with Gasteiger partial charge in [0.15, 0.2) is 5.78 Å². The van der Waals surface area contributed by atoms with Gasteiger partial charge in [-0.25, -0.2) is 0 Å². The van der Waals surface area contributed by atoms with Crippen LogP contribution in [0.5, 0.6) is 0 Å². The number of hydrogen-bond acceptors (Lipinski definition) is 1. The van der Waals surface area contributed by atoms with Gasteiger partial charge in [0.25, 0.3) is 0 Å². The maximum Gasteiger partial charge on any atom is 0.166 e. The number of carbonyl (C=O) groups is 1. The molecule has 2 heteroatoms. The van der Waals surface area contributed by atoms with Gasteiger partial charge in [0.2, 0.25) is 0 Å². The zero-order chi connectivity index (χ0) is 5.86. The predicted octanol–water partition coefficient (Wildman–Crippen LogP) is 1.87. The van der Waals surface area contributed by atoms with Crippen molar-refractivity contribution in [2.75, 3.05) is 0 Å². The number of halogens is 1. The van der Waals surface area contributed by atoms with Crippen molar-refractivity contribution in [3.8, 4) is 0 Å². The Bertz CT molecular complexity index is 105. The Balaban J connectivity index is 3.82. The minimum atomic E-state index is 0.0718. The highest BCUT2D eigenvalue weighted by Crippen LogP contribution is 2.03. The predicted molar refractivity (Wildman–Crippen MR) is 33.4 cm³/mol. The molecule has 0 unspecified atom stereocenters. The number of carbonyl (C=O) groups excluding carboxylic acids is 1. The lowest BCUT2D eigenvalue weighted by Gasteiger charge is -1.82. The number of rotatable bonds is 1. The minimum Gasteiger partial charge on any atom is -0.294 e. The monoisotopic (exact) mass is 162 g/mol. The average Bonchev–Trinajstić information content (AvgIpc) is 1.65. The van der Waals surface area contributed by atoms with Gasteiger partial charge in [-0.1, -0.05) is 6.08 Å². The Morgan fingerprint density at radius 3 is 2.14 bits per heavy atom. The summed E-state index contributed by atoms with van der Waals surface area (Å²) in [6.45, 7) is 3.33. The first-order chi connectivity index (χ1) is 3.18. The van der Waals surface area contributed by atoms with E-state index < -0.39 is 0 Å². The molecule has 0 radical (unpaired) electrons. The molecule has 0 aromatic heterocycles. The first-order valence-electron chi connectivity index (χ1n) is 2.01. The van der Waals surface area contributed by atoms with Gasteiger partial charge in [0.1, 0.15) is 0 Å². The van der Waals surface area contributed by atoms with E-state index in [0.717, 1.165) is 0 Å². The highest BCUT2D eigenvalue weighted by atomic mass is 79.9. The van der Waals surface area contributed by atoms with Crippen LogP contribution in [-0.2, 0) is 4.79 Å². The third-order valence-electron chi connectivity index (χ3n) is 0.590. The smallest absolute Gasteiger partial charge is 0.166 e. The summed E-state index contributed by atoms with van der Waals surface area (Å²) in [4.78, 5) is 10.3. The van der Waals surface area contributed by atoms with Crippen molar-refractivity contribution in [3.63, 3.8) is 0 Å². The van der Waals surface area contributed by atoms with E-state index in [-0.39, 0.29) is 5.78 Å². The molecule has 0 bridgehead atoms. The van der Waals surface area contributed by atoms with Gasteiger partial charge in [-0.2, -0.15) is 0 Å². The highest BCUT2D eigenvalue weighted by molar-refractivity contribution is 9.12. The summed E-state index contributed by atoms with van der Waals surface area (Å²) in [5.41, 5.74) is 0. The number of allylic oxidation sites excluding steroid dienone is 2. The van der Waals surface area contributed by atoms with E-state index in [1.54, 1.807) is 6.08 Å². The van der Waals surface area contributed by atoms with Crippen molar-refractivity contribution < 1.29 is 4.79 Å². The maximum atomic E-state index is 10.3. The van der Waals surface area contributed by atoms with E-state index in [9.17, 15) is 4.79 Å². The van der Waals surface area contributed by atoms with Crippen LogP contribution in [0, 0.1) is 0 Å². The molecule has 0 saturated heterocycles. The fourth-order valence-electron chi connectivity index (χ4n) is 0.203. The van der Waals surface area contributed by atoms with Crippen molar-refractivity contribution >= 4 is 21.7 Å². The molecule has 0 aromatic carbocycles. The molecule has 1 nitrogen and oxygen atoms in total. The van der Waals surface area contributed by atoms with E-state index in [0.29, 0.717) is 4.48 Å². The maximum absolute atomic E-state index is 10.3. The lowest BCUT2D eigenvalue weighted by molar-refractivity contribution is -0.112. The zero-order valence-corrected chi connectivity index (χ0v) is 5.95. The van der Waals surface area contributed by atoms with Crippen molar-refractivity contribution in [2.45, 2.75) is 13.8 Å². The van der Waals surface area contributed by atoms with Crippen LogP contribution in [0.25, 0.3) is 0 Å². The van der Waals surface area contributed by atoms with E-state index in [1.807, 2.05) is 6.92 Å². The molecule has 0 fully saturated rings. The molecule has 0 aliphatic rings. The molecule has 0 aliphatic heterocycles. The lowest BCUT2D eigenvalue weighted by atomic mass is 10.4. The second-order valence-electron chi connectivity index (χ2n) is 1.19. The van der Waals surface area contributed by atoms with Gasteiger partial charge >= 0.3 is 0 Å². The summed E-state index contributed by atoms with van der Waals surface area (Å²) in [5, 5.41) is 0. The first kappa shape index (κ1) is 6.89. The largest absolute Gasteiger partial charge is 0.294 e. The molecular weight excluding hydrogens is 156 g/mol. The summed E-state index contributed by atoms with van der Waals surface area (Å²) in [6, 6.07) is 0. The quantitative estimate of drug-likeness (QED) is 0.539. The Labute approximate surface area is 51.5 Å². The molecule has 7 heavy (non-hydrogen) atoms. The van der Waals surface area contributed by atoms with Gasteiger partial charge < -0.3 is 0 Å². The molecule has 0 amide bonds. The summed E-state index contributed by atoms with van der Waals surface area (Å²) in [6.07, 6.45) is 1.72. The Morgan fingerprint density at radius 1 is 1.71 bits per heavy atom. The van der Waals surface area contributed by atoms with Crippen LogP contribution in [0.4, 0.5) is 0 Å². The summed E-state index contributed by atoms with van der Waals surface area (Å²) in [5.74, 6) is 0.0718. The van der Waals surface area contributed by atoms with Gasteiger partial charge in [-0.3, -0.25) is 4.79 Å². The number of hydrogen-bond donors (Lipinski definition) is 0. The van der Waals surface area contributed by atoms with Gasteiger partial charge in [0, 0.05) is 0 Å². The van der Waals surface area contributed by atoms with Crippen LogP contribution in [0.2, 0.25) is 0 Å². The average molecular weight is 163 g/mol. The molecule has 0 spiro atoms. The van der Waals surface area contributed by atoms with Gasteiger partial charge in [-0.15, -0.1) is 0 Å². The lowest BCUT2D eigenvalue weighted by Crippen LogP contribution is -1.85. The normalized spacial score (nSPS) is 11.6. The Kier molecular flexibility index (Phi) is 2.92. The van der Waals surface area contributed by atoms with E-state index >= 15 is 0 Å². The van der Waals surface area contributed by atoms with Crippen LogP contribution < -0.4 is 0 Å². The SMILES string of the molecule is C/C=C(\Br)C(C)=O. The van der Waals surface area contributed by atoms with E-state index in [2.05, 4.69) is 15.9 Å². The van der Waals surface area contributed by atoms with Crippen molar-refractivity contribution in [2.24, 2.45) is 0 Å². The molecule has 40 valence electrons. The fraction of sp³-hybridized carbons (Fsp3) is 0.400. The van der Waals surface area contributed by atoms with Crippen molar-refractivity contribution in [3.05, 3.63) is 10.6 Å². The molecule has 0 N–H and O–H groups in total. The minimum absolute atomic E-state index is 0.0718. The summed E-state index contributed by atoms with van der Waals surface area (Å²) in [7, 11) is 0. The Hall–Kier alpha value is -0.110. The summed E-state index contributed by atoms with van der Waals surface area (Å²) >= 11 is 3.05. The molecule has 0 rings (SSSR count). The van der Waals surface area contributed by atoms with Crippen LogP contribution in [-0.4, -0.2) is 5.78 Å². The molecule has 0 aliphatic carbocycles.